The first-order valence-electron chi connectivity index (χ1n) is 3.77. The second-order valence-electron chi connectivity index (χ2n) is 2.81. The summed E-state index contributed by atoms with van der Waals surface area (Å²) in [6.45, 7) is 0. The Hall–Kier alpha value is -1.64. The molecule has 0 aliphatic heterocycles. The van der Waals surface area contributed by atoms with Crippen LogP contribution in [-0.2, 0) is 0 Å². The first-order valence-corrected chi connectivity index (χ1v) is 3.77. The third kappa shape index (κ3) is 2.65. The van der Waals surface area contributed by atoms with Gasteiger partial charge in [-0.25, -0.2) is 8.78 Å². The number of nitriles is 1. The normalized spacial score (nSPS) is 13.3. The lowest BCUT2D eigenvalue weighted by Gasteiger charge is -2.13. The molecule has 15 heavy (non-hydrogen) atoms. The van der Waals surface area contributed by atoms with E-state index in [0.717, 1.165) is 6.07 Å². The number of benzene rings is 1. The maximum absolute atomic E-state index is 12.6. The van der Waals surface area contributed by atoms with E-state index in [1.807, 2.05) is 0 Å². The topological polar surface area (TPSA) is 23.8 Å². The predicted octanol–water partition coefficient (Wildman–Crippen LogP) is 3.13. The summed E-state index contributed by atoms with van der Waals surface area (Å²) in [5.41, 5.74) is -0.734. The fraction of sp³-hybridized carbons (Fsp3) is 0.222. The number of rotatable bonds is 1. The third-order valence-electron chi connectivity index (χ3n) is 1.67. The average molecular weight is 221 g/mol. The first kappa shape index (κ1) is 11.4. The molecule has 0 spiro atoms. The zero-order valence-electron chi connectivity index (χ0n) is 7.15. The molecule has 0 N–H and O–H groups in total. The number of hydrogen-bond acceptors (Lipinski definition) is 1. The van der Waals surface area contributed by atoms with E-state index in [2.05, 4.69) is 0 Å². The number of alkyl halides is 3. The van der Waals surface area contributed by atoms with E-state index in [9.17, 15) is 22.0 Å². The summed E-state index contributed by atoms with van der Waals surface area (Å²) in [6.07, 6.45) is -4.84. The molecular weight excluding hydrogens is 217 g/mol. The second-order valence-corrected chi connectivity index (χ2v) is 2.81. The van der Waals surface area contributed by atoms with E-state index in [4.69, 9.17) is 5.26 Å². The molecule has 1 nitrogen and oxygen atoms in total. The summed E-state index contributed by atoms with van der Waals surface area (Å²) in [5, 5.41) is 8.28. The van der Waals surface area contributed by atoms with Gasteiger partial charge in [-0.05, 0) is 17.7 Å². The molecule has 0 aromatic heterocycles. The highest BCUT2D eigenvalue weighted by molar-refractivity contribution is 5.28. The molecule has 0 aliphatic carbocycles. The molecule has 0 bridgehead atoms. The fourth-order valence-electron chi connectivity index (χ4n) is 1.08. The predicted molar refractivity (Wildman–Crippen MR) is 40.8 cm³/mol. The van der Waals surface area contributed by atoms with Crippen LogP contribution in [0.15, 0.2) is 18.2 Å². The molecule has 0 amide bonds. The zero-order valence-corrected chi connectivity index (χ0v) is 7.15. The quantitative estimate of drug-likeness (QED) is 0.668. The number of hydrogen-bond donors (Lipinski definition) is 0. The van der Waals surface area contributed by atoms with Crippen molar-refractivity contribution < 1.29 is 22.0 Å². The lowest BCUT2D eigenvalue weighted by molar-refractivity contribution is -0.137. The highest BCUT2D eigenvalue weighted by atomic mass is 19.4. The van der Waals surface area contributed by atoms with Crippen LogP contribution in [0.25, 0.3) is 0 Å². The molecule has 0 radical (unpaired) electrons. The van der Waals surface area contributed by atoms with Crippen molar-refractivity contribution in [3.8, 4) is 6.07 Å². The van der Waals surface area contributed by atoms with Crippen molar-refractivity contribution in [1.29, 1.82) is 5.26 Å². The molecule has 1 unspecified atom stereocenters. The van der Waals surface area contributed by atoms with Crippen LogP contribution < -0.4 is 0 Å². The molecule has 80 valence electrons. The highest BCUT2D eigenvalue weighted by Crippen LogP contribution is 2.34. The van der Waals surface area contributed by atoms with Gasteiger partial charge >= 0.3 is 6.18 Å². The van der Waals surface area contributed by atoms with Gasteiger partial charge in [0.15, 0.2) is 5.92 Å². The largest absolute Gasteiger partial charge is 0.408 e. The second kappa shape index (κ2) is 3.85. The minimum absolute atomic E-state index is 0.439. The van der Waals surface area contributed by atoms with E-state index in [1.165, 1.54) is 0 Å². The Labute approximate surface area is 81.7 Å². The van der Waals surface area contributed by atoms with Crippen molar-refractivity contribution in [3.05, 3.63) is 35.4 Å². The lowest BCUT2D eigenvalue weighted by Crippen LogP contribution is -2.19. The molecule has 6 heteroatoms. The van der Waals surface area contributed by atoms with Crippen molar-refractivity contribution >= 4 is 0 Å². The van der Waals surface area contributed by atoms with Gasteiger partial charge < -0.3 is 0 Å². The van der Waals surface area contributed by atoms with Crippen molar-refractivity contribution in [1.82, 2.24) is 0 Å². The van der Waals surface area contributed by atoms with Gasteiger partial charge in [-0.2, -0.15) is 18.4 Å². The molecule has 0 aliphatic rings. The monoisotopic (exact) mass is 221 g/mol. The van der Waals surface area contributed by atoms with Crippen LogP contribution in [0.3, 0.4) is 0 Å². The van der Waals surface area contributed by atoms with Crippen LogP contribution in [0.1, 0.15) is 11.5 Å². The molecule has 1 atom stereocenters. The average Bonchev–Trinajstić information content (AvgIpc) is 1.99. The van der Waals surface area contributed by atoms with Gasteiger partial charge in [-0.1, -0.05) is 0 Å². The Morgan fingerprint density at radius 1 is 1.07 bits per heavy atom. The Morgan fingerprint density at radius 2 is 1.53 bits per heavy atom. The van der Waals surface area contributed by atoms with Crippen LogP contribution in [0, 0.1) is 23.0 Å². The van der Waals surface area contributed by atoms with Gasteiger partial charge in [0.1, 0.15) is 11.6 Å². The van der Waals surface area contributed by atoms with Crippen molar-refractivity contribution in [2.75, 3.05) is 0 Å². The minimum atomic E-state index is -4.84. The Kier molecular flexibility index (Phi) is 2.93. The number of halogens is 5. The highest BCUT2D eigenvalue weighted by Gasteiger charge is 2.41. The molecular formula is C9H4F5N. The fourth-order valence-corrected chi connectivity index (χ4v) is 1.08. The zero-order chi connectivity index (χ0) is 11.6. The van der Waals surface area contributed by atoms with E-state index < -0.39 is 29.3 Å². The van der Waals surface area contributed by atoms with Crippen molar-refractivity contribution in [2.45, 2.75) is 12.1 Å². The van der Waals surface area contributed by atoms with Gasteiger partial charge in [0.05, 0.1) is 6.07 Å². The maximum atomic E-state index is 12.6. The Bertz CT molecular complexity index is 384. The van der Waals surface area contributed by atoms with Crippen LogP contribution >= 0.6 is 0 Å². The van der Waals surface area contributed by atoms with Gasteiger partial charge in [0.2, 0.25) is 0 Å². The first-order chi connectivity index (χ1) is 6.84. The number of nitrogens with zero attached hydrogens (tertiary/aromatic N) is 1. The Balaban J connectivity index is 3.20. The summed E-state index contributed by atoms with van der Waals surface area (Å²) >= 11 is 0. The Morgan fingerprint density at radius 3 is 1.87 bits per heavy atom. The summed E-state index contributed by atoms with van der Waals surface area (Å²) in [7, 11) is 0. The standard InChI is InChI=1S/C9H4F5N/c10-6-1-5(2-7(11)3-6)8(4-15)9(12,13)14/h1-3,8H. The van der Waals surface area contributed by atoms with Crippen LogP contribution in [0.4, 0.5) is 22.0 Å². The third-order valence-corrected chi connectivity index (χ3v) is 1.67. The van der Waals surface area contributed by atoms with Gasteiger partial charge in [-0.3, -0.25) is 0 Å². The minimum Gasteiger partial charge on any atom is -0.207 e. The smallest absolute Gasteiger partial charge is 0.207 e. The molecule has 1 aromatic rings. The van der Waals surface area contributed by atoms with E-state index >= 15 is 0 Å². The van der Waals surface area contributed by atoms with Gasteiger partial charge in [-0.15, -0.1) is 0 Å². The molecule has 0 fully saturated rings. The SMILES string of the molecule is N#CC(c1cc(F)cc(F)c1)C(F)(F)F. The summed E-state index contributed by atoms with van der Waals surface area (Å²) in [5.74, 6) is -4.80. The van der Waals surface area contributed by atoms with Crippen molar-refractivity contribution in [3.63, 3.8) is 0 Å². The van der Waals surface area contributed by atoms with Gasteiger partial charge in [0.25, 0.3) is 0 Å². The summed E-state index contributed by atoms with van der Waals surface area (Å²) in [4.78, 5) is 0. The van der Waals surface area contributed by atoms with E-state index in [-0.39, 0.29) is 0 Å². The molecule has 0 saturated heterocycles. The maximum Gasteiger partial charge on any atom is 0.408 e. The summed E-state index contributed by atoms with van der Waals surface area (Å²) < 4.78 is 61.8. The van der Waals surface area contributed by atoms with Crippen LogP contribution in [0.5, 0.6) is 0 Å². The molecule has 1 rings (SSSR count). The molecule has 0 heterocycles. The van der Waals surface area contributed by atoms with Crippen molar-refractivity contribution in [2.24, 2.45) is 0 Å². The van der Waals surface area contributed by atoms with Crippen LogP contribution in [0.2, 0.25) is 0 Å². The molecule has 0 saturated carbocycles. The summed E-state index contributed by atoms with van der Waals surface area (Å²) in [6, 6.07) is 2.37. The van der Waals surface area contributed by atoms with Gasteiger partial charge in [0, 0.05) is 6.07 Å². The van der Waals surface area contributed by atoms with E-state index in [1.54, 1.807) is 0 Å². The van der Waals surface area contributed by atoms with E-state index in [0.29, 0.717) is 18.2 Å². The van der Waals surface area contributed by atoms with Crippen LogP contribution in [-0.4, -0.2) is 6.18 Å². The molecule has 1 aromatic carbocycles. The lowest BCUT2D eigenvalue weighted by atomic mass is 10.00.